The number of hydrogen-bond donors (Lipinski definition) is 5. The molecule has 0 unspecified atom stereocenters. The van der Waals surface area contributed by atoms with Gasteiger partial charge in [0.15, 0.2) is 0 Å². The van der Waals surface area contributed by atoms with Crippen molar-refractivity contribution in [2.75, 3.05) is 13.2 Å². The van der Waals surface area contributed by atoms with Crippen molar-refractivity contribution in [2.45, 2.75) is 18.0 Å². The van der Waals surface area contributed by atoms with Gasteiger partial charge in [-0.25, -0.2) is 4.98 Å². The zero-order chi connectivity index (χ0) is 15.6. The molecular weight excluding hydrogens is 314 g/mol. The zero-order valence-electron chi connectivity index (χ0n) is 10.5. The number of imidazole rings is 1. The van der Waals surface area contributed by atoms with Crippen LogP contribution in [0.2, 0.25) is 0 Å². The van der Waals surface area contributed by atoms with Gasteiger partial charge in [-0.1, -0.05) is 0 Å². The summed E-state index contributed by atoms with van der Waals surface area (Å²) in [6, 6.07) is -0.296. The average Bonchev–Trinajstić information content (AvgIpc) is 2.78. The molecule has 0 fully saturated rings. The Bertz CT molecular complexity index is 499. The van der Waals surface area contributed by atoms with E-state index in [-0.39, 0.29) is 12.6 Å². The molecule has 5 N–H and O–H groups in total. The van der Waals surface area contributed by atoms with Crippen molar-refractivity contribution in [1.29, 1.82) is 0 Å². The SMILES string of the molecule is C[C@H](COCC(O)(P(=O)(O)O)P(=O)(O)O)n1ccnc1. The molecule has 0 aromatic carbocycles. The Balaban J connectivity index is 2.70. The van der Waals surface area contributed by atoms with Gasteiger partial charge >= 0.3 is 15.2 Å². The molecule has 0 aliphatic heterocycles. The highest BCUT2D eigenvalue weighted by Gasteiger charge is 2.59. The Morgan fingerprint density at radius 1 is 1.30 bits per heavy atom. The summed E-state index contributed by atoms with van der Waals surface area (Å²) in [4.78, 5) is 39.4. The van der Waals surface area contributed by atoms with E-state index in [1.165, 1.54) is 12.5 Å². The molecule has 10 nitrogen and oxygen atoms in total. The van der Waals surface area contributed by atoms with E-state index in [1.54, 1.807) is 17.7 Å². The van der Waals surface area contributed by atoms with E-state index in [0.717, 1.165) is 0 Å². The molecule has 1 atom stereocenters. The van der Waals surface area contributed by atoms with Gasteiger partial charge in [-0.05, 0) is 6.92 Å². The third kappa shape index (κ3) is 3.75. The van der Waals surface area contributed by atoms with Gasteiger partial charge < -0.3 is 34.0 Å². The van der Waals surface area contributed by atoms with Crippen LogP contribution in [0.1, 0.15) is 13.0 Å². The second-order valence-corrected chi connectivity index (χ2v) is 8.25. The first-order valence-corrected chi connectivity index (χ1v) is 8.60. The molecule has 1 aromatic heterocycles. The maximum absolute atomic E-state index is 11.1. The highest BCUT2D eigenvalue weighted by atomic mass is 31.2. The van der Waals surface area contributed by atoms with Crippen LogP contribution in [0.3, 0.4) is 0 Å². The highest BCUT2D eigenvalue weighted by Crippen LogP contribution is 2.67. The van der Waals surface area contributed by atoms with Gasteiger partial charge in [-0.2, -0.15) is 0 Å². The summed E-state index contributed by atoms with van der Waals surface area (Å²) in [5.74, 6) is 0. The van der Waals surface area contributed by atoms with Gasteiger partial charge in [0, 0.05) is 12.4 Å². The smallest absolute Gasteiger partial charge is 0.371 e. The number of rotatable bonds is 7. The molecule has 0 aliphatic rings. The van der Waals surface area contributed by atoms with Crippen LogP contribution in [-0.4, -0.2) is 52.5 Å². The Morgan fingerprint density at radius 2 is 1.85 bits per heavy atom. The maximum Gasteiger partial charge on any atom is 0.371 e. The third-order valence-corrected chi connectivity index (χ3v) is 6.31. The molecule has 0 amide bonds. The number of ether oxygens (including phenoxy) is 1. The number of nitrogens with zero attached hydrogens (tertiary/aromatic N) is 2. The summed E-state index contributed by atoms with van der Waals surface area (Å²) in [5.41, 5.74) is 0. The molecule has 1 aromatic rings. The van der Waals surface area contributed by atoms with Crippen molar-refractivity contribution in [3.63, 3.8) is 0 Å². The first-order chi connectivity index (χ1) is 8.99. The van der Waals surface area contributed by atoms with E-state index >= 15 is 0 Å². The van der Waals surface area contributed by atoms with E-state index in [4.69, 9.17) is 24.3 Å². The van der Waals surface area contributed by atoms with E-state index in [1.807, 2.05) is 0 Å². The summed E-state index contributed by atoms with van der Waals surface area (Å²) in [6.07, 6.45) is 4.61. The molecule has 0 bridgehead atoms. The lowest BCUT2D eigenvalue weighted by atomic mass is 10.4. The molecule has 0 spiro atoms. The molecule has 0 aliphatic carbocycles. The molecular formula is C8H16N2O8P2. The summed E-state index contributed by atoms with van der Waals surface area (Å²) < 4.78 is 28.6. The van der Waals surface area contributed by atoms with E-state index < -0.39 is 26.9 Å². The van der Waals surface area contributed by atoms with Gasteiger partial charge in [0.1, 0.15) is 0 Å². The van der Waals surface area contributed by atoms with E-state index in [9.17, 15) is 14.2 Å². The summed E-state index contributed by atoms with van der Waals surface area (Å²) in [5, 5.41) is 6.01. The Labute approximate surface area is 114 Å². The van der Waals surface area contributed by atoms with Crippen molar-refractivity contribution in [1.82, 2.24) is 9.55 Å². The van der Waals surface area contributed by atoms with Crippen molar-refractivity contribution in [2.24, 2.45) is 0 Å². The second-order valence-electron chi connectivity index (χ2n) is 4.24. The fourth-order valence-corrected chi connectivity index (χ4v) is 3.20. The predicted octanol–water partition coefficient (Wildman–Crippen LogP) is -0.538. The lowest BCUT2D eigenvalue weighted by molar-refractivity contribution is 0.0153. The molecule has 116 valence electrons. The van der Waals surface area contributed by atoms with E-state index in [2.05, 4.69) is 4.98 Å². The van der Waals surface area contributed by atoms with Crippen molar-refractivity contribution in [3.05, 3.63) is 18.7 Å². The normalized spacial score (nSPS) is 15.3. The minimum atomic E-state index is -5.48. The van der Waals surface area contributed by atoms with Gasteiger partial charge in [0.25, 0.3) is 5.08 Å². The fourth-order valence-electron chi connectivity index (χ4n) is 1.32. The number of aromatic nitrogens is 2. The van der Waals surface area contributed by atoms with Gasteiger partial charge in [0.05, 0.1) is 25.6 Å². The van der Waals surface area contributed by atoms with Crippen LogP contribution in [-0.2, 0) is 13.9 Å². The molecule has 1 heterocycles. The molecule has 0 radical (unpaired) electrons. The predicted molar refractivity (Wildman–Crippen MR) is 66.8 cm³/mol. The minimum Gasteiger partial charge on any atom is -0.375 e. The minimum absolute atomic E-state index is 0.126. The molecule has 0 saturated carbocycles. The molecule has 0 saturated heterocycles. The van der Waals surface area contributed by atoms with Crippen molar-refractivity contribution in [3.8, 4) is 0 Å². The largest absolute Gasteiger partial charge is 0.375 e. The van der Waals surface area contributed by atoms with Crippen LogP contribution in [0.5, 0.6) is 0 Å². The lowest BCUT2D eigenvalue weighted by Gasteiger charge is -2.29. The zero-order valence-corrected chi connectivity index (χ0v) is 12.3. The first kappa shape index (κ1) is 17.5. The van der Waals surface area contributed by atoms with Gasteiger partial charge in [-0.15, -0.1) is 0 Å². The average molecular weight is 330 g/mol. The lowest BCUT2D eigenvalue weighted by Crippen LogP contribution is -2.35. The number of aliphatic hydroxyl groups is 1. The van der Waals surface area contributed by atoms with Crippen LogP contribution in [0.4, 0.5) is 0 Å². The first-order valence-electron chi connectivity index (χ1n) is 5.38. The van der Waals surface area contributed by atoms with Crippen LogP contribution < -0.4 is 0 Å². The Kier molecular flexibility index (Phi) is 5.29. The van der Waals surface area contributed by atoms with E-state index in [0.29, 0.717) is 0 Å². The molecule has 1 rings (SSSR count). The Morgan fingerprint density at radius 3 is 2.25 bits per heavy atom. The Hall–Kier alpha value is -0.570. The second kappa shape index (κ2) is 6.05. The highest BCUT2D eigenvalue weighted by molar-refractivity contribution is 7.72. The molecule has 12 heteroatoms. The van der Waals surface area contributed by atoms with Crippen LogP contribution in [0.25, 0.3) is 0 Å². The van der Waals surface area contributed by atoms with Gasteiger partial charge in [-0.3, -0.25) is 9.13 Å². The van der Waals surface area contributed by atoms with Crippen LogP contribution in [0.15, 0.2) is 18.7 Å². The summed E-state index contributed by atoms with van der Waals surface area (Å²) in [7, 11) is -11.0. The summed E-state index contributed by atoms with van der Waals surface area (Å²) >= 11 is 0. The monoisotopic (exact) mass is 330 g/mol. The maximum atomic E-state index is 11.1. The fraction of sp³-hybridized carbons (Fsp3) is 0.625. The van der Waals surface area contributed by atoms with Gasteiger partial charge in [0.2, 0.25) is 0 Å². The molecule has 20 heavy (non-hydrogen) atoms. The number of hydrogen-bond acceptors (Lipinski definition) is 5. The van der Waals surface area contributed by atoms with Crippen LogP contribution in [0, 0.1) is 0 Å². The summed E-state index contributed by atoms with van der Waals surface area (Å²) in [6.45, 7) is 0.370. The quantitative estimate of drug-likeness (QED) is 0.413. The third-order valence-electron chi connectivity index (χ3n) is 2.62. The topological polar surface area (TPSA) is 162 Å². The van der Waals surface area contributed by atoms with Crippen molar-refractivity contribution >= 4 is 15.2 Å². The van der Waals surface area contributed by atoms with Crippen molar-refractivity contribution < 1.29 is 38.5 Å². The standard InChI is InChI=1S/C8H16N2O8P2/c1-7(10-3-2-9-6-10)4-18-5-8(11,19(12,13)14)20(15,16)17/h2-3,6-7,11H,4-5H2,1H3,(H2,12,13,14)(H2,15,16,17)/t7-/m1/s1. The van der Waals surface area contributed by atoms with Crippen LogP contribution >= 0.6 is 15.2 Å².